The minimum Gasteiger partial charge on any atom is -0.475 e. The molecule has 1 spiro atoms. The Morgan fingerprint density at radius 1 is 1.07 bits per heavy atom. The minimum atomic E-state index is -4.94. The molecule has 2 fully saturated rings. The van der Waals surface area contributed by atoms with Crippen molar-refractivity contribution in [1.29, 1.82) is 0 Å². The molecular formula is C32H35F3N4O4S. The molecule has 3 aliphatic rings. The van der Waals surface area contributed by atoms with Gasteiger partial charge in [-0.2, -0.15) is 18.2 Å². The van der Waals surface area contributed by atoms with E-state index in [0.717, 1.165) is 25.7 Å². The molecular weight excluding hydrogens is 593 g/mol. The lowest BCUT2D eigenvalue weighted by molar-refractivity contribution is -0.139. The number of anilines is 1. The first-order valence-electron chi connectivity index (χ1n) is 14.8. The van der Waals surface area contributed by atoms with E-state index in [2.05, 4.69) is 14.7 Å². The molecule has 1 atom stereocenters. The minimum absolute atomic E-state index is 0.0890. The van der Waals surface area contributed by atoms with Crippen LogP contribution >= 0.6 is 0 Å². The lowest BCUT2D eigenvalue weighted by atomic mass is 9.75. The standard InChI is InChI=1S/C32H35F3N4O4S/c1-18(2)13-22-17-43-28-26(32(33,34)35)27(25-19(3)7-5-8-20(25)4)36-30(37-28)38-44(41,42)24-10-6-9-21(14-24)29(40)39(22)23-15-31(16-23)11-12-31/h5-10,14,18,22-23H,11-13,15-17H2,1-4H3,(H,36,37,38)/t22-/m1/s1. The summed E-state index contributed by atoms with van der Waals surface area (Å²) in [5, 5.41) is 0. The molecule has 44 heavy (non-hydrogen) atoms. The average Bonchev–Trinajstić information content (AvgIpc) is 3.71. The molecule has 0 unspecified atom stereocenters. The van der Waals surface area contributed by atoms with Crippen LogP contribution in [0.3, 0.4) is 0 Å². The summed E-state index contributed by atoms with van der Waals surface area (Å²) in [5.41, 5.74) is -0.0231. The molecule has 234 valence electrons. The molecule has 1 aromatic heterocycles. The van der Waals surface area contributed by atoms with E-state index in [0.29, 0.717) is 17.5 Å². The Morgan fingerprint density at radius 3 is 2.34 bits per heavy atom. The van der Waals surface area contributed by atoms with Gasteiger partial charge in [0.15, 0.2) is 0 Å². The number of hydrogen-bond donors (Lipinski definition) is 1. The number of aryl methyl sites for hydroxylation is 2. The van der Waals surface area contributed by atoms with Crippen molar-refractivity contribution >= 4 is 21.9 Å². The molecule has 0 saturated heterocycles. The number of hydrogen-bond acceptors (Lipinski definition) is 6. The second-order valence-corrected chi connectivity index (χ2v) is 14.5. The fraction of sp³-hybridized carbons (Fsp3) is 0.469. The number of rotatable bonds is 4. The van der Waals surface area contributed by atoms with Crippen LogP contribution in [0.2, 0.25) is 0 Å². The van der Waals surface area contributed by atoms with E-state index in [9.17, 15) is 26.4 Å². The maximum Gasteiger partial charge on any atom is 0.423 e. The summed E-state index contributed by atoms with van der Waals surface area (Å²) in [6, 6.07) is 10.0. The molecule has 1 amide bonds. The number of carbonyl (C=O) groups excluding carboxylic acids is 1. The summed E-state index contributed by atoms with van der Waals surface area (Å²) in [6.07, 6.45) is -0.683. The molecule has 6 rings (SSSR count). The van der Waals surface area contributed by atoms with Gasteiger partial charge in [0, 0.05) is 17.2 Å². The van der Waals surface area contributed by atoms with Gasteiger partial charge in [-0.25, -0.2) is 18.1 Å². The maximum absolute atomic E-state index is 14.9. The van der Waals surface area contributed by atoms with Crippen LogP contribution in [-0.2, 0) is 16.2 Å². The van der Waals surface area contributed by atoms with Gasteiger partial charge in [0.25, 0.3) is 15.9 Å². The third-order valence-corrected chi connectivity index (χ3v) is 10.3. The summed E-state index contributed by atoms with van der Waals surface area (Å²) >= 11 is 0. The number of carbonyl (C=O) groups is 1. The fourth-order valence-electron chi connectivity index (χ4n) is 6.67. The second kappa shape index (κ2) is 10.7. The zero-order chi connectivity index (χ0) is 31.6. The van der Waals surface area contributed by atoms with Crippen LogP contribution in [0.15, 0.2) is 47.4 Å². The molecule has 2 aromatic carbocycles. The van der Waals surface area contributed by atoms with Crippen LogP contribution in [0.4, 0.5) is 19.1 Å². The summed E-state index contributed by atoms with van der Waals surface area (Å²) in [7, 11) is -4.40. The molecule has 1 N–H and O–H groups in total. The Labute approximate surface area is 255 Å². The number of amides is 1. The number of nitrogens with one attached hydrogen (secondary N) is 1. The Hall–Kier alpha value is -3.67. The molecule has 3 aromatic rings. The maximum atomic E-state index is 14.9. The van der Waals surface area contributed by atoms with Crippen molar-refractivity contribution < 1.29 is 31.1 Å². The molecule has 2 heterocycles. The van der Waals surface area contributed by atoms with E-state index in [1.54, 1.807) is 43.0 Å². The lowest BCUT2D eigenvalue weighted by Crippen LogP contribution is -2.55. The highest BCUT2D eigenvalue weighted by Crippen LogP contribution is 2.62. The number of sulfonamides is 1. The van der Waals surface area contributed by atoms with Gasteiger partial charge >= 0.3 is 6.18 Å². The first-order chi connectivity index (χ1) is 20.7. The van der Waals surface area contributed by atoms with Crippen LogP contribution < -0.4 is 9.46 Å². The Bertz CT molecular complexity index is 1710. The Morgan fingerprint density at radius 2 is 1.73 bits per heavy atom. The average molecular weight is 629 g/mol. The van der Waals surface area contributed by atoms with Crippen LogP contribution in [0.1, 0.15) is 73.0 Å². The number of nitrogens with zero attached hydrogens (tertiary/aromatic N) is 3. The monoisotopic (exact) mass is 628 g/mol. The van der Waals surface area contributed by atoms with E-state index >= 15 is 0 Å². The Kier molecular flexibility index (Phi) is 7.41. The number of halogens is 3. The molecule has 12 heteroatoms. The molecule has 2 saturated carbocycles. The summed E-state index contributed by atoms with van der Waals surface area (Å²) in [4.78, 5) is 23.8. The smallest absolute Gasteiger partial charge is 0.423 e. The van der Waals surface area contributed by atoms with Gasteiger partial charge in [-0.05, 0) is 86.6 Å². The van der Waals surface area contributed by atoms with Crippen molar-refractivity contribution in [2.75, 3.05) is 11.3 Å². The van der Waals surface area contributed by atoms with Gasteiger partial charge in [0.05, 0.1) is 16.6 Å². The zero-order valence-electron chi connectivity index (χ0n) is 25.0. The van der Waals surface area contributed by atoms with Crippen LogP contribution in [0, 0.1) is 25.2 Å². The van der Waals surface area contributed by atoms with Crippen molar-refractivity contribution in [3.63, 3.8) is 0 Å². The Balaban J connectivity index is 1.57. The first kappa shape index (κ1) is 30.4. The zero-order valence-corrected chi connectivity index (χ0v) is 25.8. The molecule has 0 radical (unpaired) electrons. The van der Waals surface area contributed by atoms with Crippen LogP contribution in [0.25, 0.3) is 11.3 Å². The van der Waals surface area contributed by atoms with Crippen molar-refractivity contribution in [3.8, 4) is 17.1 Å². The number of ether oxygens (including phenoxy) is 1. The topological polar surface area (TPSA) is 101 Å². The van der Waals surface area contributed by atoms with Gasteiger partial charge in [0.1, 0.15) is 12.2 Å². The summed E-state index contributed by atoms with van der Waals surface area (Å²) in [5.74, 6) is -1.64. The van der Waals surface area contributed by atoms with Gasteiger partial charge < -0.3 is 9.64 Å². The van der Waals surface area contributed by atoms with Crippen molar-refractivity contribution in [2.45, 2.75) is 83.0 Å². The predicted octanol–water partition coefficient (Wildman–Crippen LogP) is 6.77. The van der Waals surface area contributed by atoms with Gasteiger partial charge in [-0.15, -0.1) is 0 Å². The van der Waals surface area contributed by atoms with E-state index in [4.69, 9.17) is 4.74 Å². The normalized spacial score (nSPS) is 21.0. The first-order valence-corrected chi connectivity index (χ1v) is 16.3. The van der Waals surface area contributed by atoms with Gasteiger partial charge in [-0.3, -0.25) is 4.79 Å². The predicted molar refractivity (Wildman–Crippen MR) is 159 cm³/mol. The van der Waals surface area contributed by atoms with Crippen LogP contribution in [-0.4, -0.2) is 47.9 Å². The number of aromatic nitrogens is 2. The van der Waals surface area contributed by atoms with Gasteiger partial charge in [-0.1, -0.05) is 38.1 Å². The van der Waals surface area contributed by atoms with E-state index < -0.39 is 45.3 Å². The van der Waals surface area contributed by atoms with E-state index in [-0.39, 0.29) is 45.9 Å². The van der Waals surface area contributed by atoms with E-state index in [1.807, 2.05) is 13.8 Å². The number of alkyl halides is 3. The molecule has 8 nitrogen and oxygen atoms in total. The highest BCUT2D eigenvalue weighted by atomic mass is 32.2. The fourth-order valence-corrected chi connectivity index (χ4v) is 7.66. The van der Waals surface area contributed by atoms with Crippen LogP contribution in [0.5, 0.6) is 5.88 Å². The number of fused-ring (bicyclic) bond motifs is 4. The van der Waals surface area contributed by atoms with Crippen molar-refractivity contribution in [2.24, 2.45) is 11.3 Å². The molecule has 4 bridgehead atoms. The summed E-state index contributed by atoms with van der Waals surface area (Å²) < 4.78 is 80.0. The van der Waals surface area contributed by atoms with Gasteiger partial charge in [0.2, 0.25) is 11.8 Å². The molecule has 1 aliphatic heterocycles. The third-order valence-electron chi connectivity index (χ3n) is 8.97. The largest absolute Gasteiger partial charge is 0.475 e. The molecule has 2 aliphatic carbocycles. The third kappa shape index (κ3) is 5.64. The van der Waals surface area contributed by atoms with E-state index in [1.165, 1.54) is 18.2 Å². The SMILES string of the molecule is Cc1cccc(C)c1-c1nc2nc(c1C(F)(F)F)OC[C@@H](CC(C)C)N(C1CC3(CC3)C1)C(=O)c1cccc(c1)S(=O)(=O)N2. The second-order valence-electron chi connectivity index (χ2n) is 12.8. The van der Waals surface area contributed by atoms with Crippen molar-refractivity contribution in [1.82, 2.24) is 14.9 Å². The van der Waals surface area contributed by atoms with Crippen molar-refractivity contribution in [3.05, 3.63) is 64.7 Å². The number of benzene rings is 2. The quantitative estimate of drug-likeness (QED) is 0.342. The lowest BCUT2D eigenvalue weighted by Gasteiger charge is -2.47. The summed E-state index contributed by atoms with van der Waals surface area (Å²) in [6.45, 7) is 7.03. The highest BCUT2D eigenvalue weighted by Gasteiger charge is 2.56. The highest BCUT2D eigenvalue weighted by molar-refractivity contribution is 7.92.